The van der Waals surface area contributed by atoms with Crippen molar-refractivity contribution in [1.82, 2.24) is 0 Å². The average molecular weight is 344 g/mol. The Labute approximate surface area is 126 Å². The minimum Gasteiger partial charge on any atom is -0.459 e. The van der Waals surface area contributed by atoms with Gasteiger partial charge in [0.25, 0.3) is 0 Å². The van der Waals surface area contributed by atoms with Gasteiger partial charge in [-0.15, -0.1) is 0 Å². The summed E-state index contributed by atoms with van der Waals surface area (Å²) in [6.45, 7) is 2.19. The molecular formula is C15H19BrFNO2. The molecule has 0 atom stereocenters. The number of hydrogen-bond donors (Lipinski definition) is 1. The molecule has 0 amide bonds. The Balaban J connectivity index is 2.01. The van der Waals surface area contributed by atoms with E-state index >= 15 is 0 Å². The second kappa shape index (κ2) is 6.57. The maximum Gasteiger partial charge on any atom is 0.339 e. The van der Waals surface area contributed by atoms with Crippen LogP contribution in [-0.2, 0) is 4.74 Å². The van der Waals surface area contributed by atoms with Gasteiger partial charge in [0, 0.05) is 4.47 Å². The highest BCUT2D eigenvalue weighted by atomic mass is 79.9. The van der Waals surface area contributed by atoms with Crippen LogP contribution in [0.25, 0.3) is 0 Å². The lowest BCUT2D eigenvalue weighted by atomic mass is 9.86. The number of benzene rings is 1. The molecule has 110 valence electrons. The molecule has 0 unspecified atom stereocenters. The normalized spacial score (nSPS) is 22.6. The van der Waals surface area contributed by atoms with Crippen molar-refractivity contribution in [2.75, 3.05) is 5.73 Å². The van der Waals surface area contributed by atoms with E-state index in [0.717, 1.165) is 31.6 Å². The van der Waals surface area contributed by atoms with Gasteiger partial charge in [-0.25, -0.2) is 9.18 Å². The van der Waals surface area contributed by atoms with Gasteiger partial charge >= 0.3 is 5.97 Å². The molecular weight excluding hydrogens is 325 g/mol. The van der Waals surface area contributed by atoms with Crippen molar-refractivity contribution in [1.29, 1.82) is 0 Å². The molecule has 1 aromatic rings. The highest BCUT2D eigenvalue weighted by molar-refractivity contribution is 9.10. The van der Waals surface area contributed by atoms with Gasteiger partial charge in [-0.1, -0.05) is 13.3 Å². The van der Waals surface area contributed by atoms with E-state index in [9.17, 15) is 9.18 Å². The first kappa shape index (κ1) is 15.3. The molecule has 3 nitrogen and oxygen atoms in total. The van der Waals surface area contributed by atoms with Crippen LogP contribution < -0.4 is 5.73 Å². The lowest BCUT2D eigenvalue weighted by Gasteiger charge is -2.27. The number of esters is 1. The highest BCUT2D eigenvalue weighted by Crippen LogP contribution is 2.30. The van der Waals surface area contributed by atoms with Gasteiger partial charge in [0.1, 0.15) is 11.9 Å². The fourth-order valence-corrected chi connectivity index (χ4v) is 3.07. The molecule has 2 N–H and O–H groups in total. The lowest BCUT2D eigenvalue weighted by Crippen LogP contribution is -2.24. The summed E-state index contributed by atoms with van der Waals surface area (Å²) in [5, 5.41) is 0. The number of carbonyl (C=O) groups is 1. The summed E-state index contributed by atoms with van der Waals surface area (Å²) in [6.07, 6.45) is 5.14. The Morgan fingerprint density at radius 2 is 2.05 bits per heavy atom. The summed E-state index contributed by atoms with van der Waals surface area (Å²) in [5.74, 6) is -0.237. The van der Waals surface area contributed by atoms with Crippen LogP contribution >= 0.6 is 15.9 Å². The van der Waals surface area contributed by atoms with Gasteiger partial charge in [0.2, 0.25) is 0 Å². The first-order valence-electron chi connectivity index (χ1n) is 6.96. The zero-order valence-corrected chi connectivity index (χ0v) is 13.1. The summed E-state index contributed by atoms with van der Waals surface area (Å²) < 4.78 is 19.1. The van der Waals surface area contributed by atoms with Crippen molar-refractivity contribution in [3.05, 3.63) is 28.0 Å². The van der Waals surface area contributed by atoms with Crippen molar-refractivity contribution in [3.63, 3.8) is 0 Å². The standard InChI is InChI=1S/C15H19BrFNO2/c1-2-9-3-5-10(6-4-9)20-15(19)11-7-14(18)13(17)8-12(11)16/h7-10H,2-6,18H2,1H3. The highest BCUT2D eigenvalue weighted by Gasteiger charge is 2.24. The van der Waals surface area contributed by atoms with E-state index < -0.39 is 11.8 Å². The van der Waals surface area contributed by atoms with Crippen LogP contribution in [0.1, 0.15) is 49.4 Å². The predicted octanol–water partition coefficient (Wildman–Crippen LogP) is 4.30. The van der Waals surface area contributed by atoms with Crippen LogP contribution in [0.2, 0.25) is 0 Å². The molecule has 1 saturated carbocycles. The molecule has 0 spiro atoms. The van der Waals surface area contributed by atoms with Crippen molar-refractivity contribution in [3.8, 4) is 0 Å². The van der Waals surface area contributed by atoms with Gasteiger partial charge in [0.15, 0.2) is 0 Å². The number of carbonyl (C=O) groups excluding carboxylic acids is 1. The molecule has 0 radical (unpaired) electrons. The van der Waals surface area contributed by atoms with Gasteiger partial charge < -0.3 is 10.5 Å². The molecule has 0 heterocycles. The zero-order chi connectivity index (χ0) is 14.7. The fraction of sp³-hybridized carbons (Fsp3) is 0.533. The van der Waals surface area contributed by atoms with E-state index in [0.29, 0.717) is 4.47 Å². The quantitative estimate of drug-likeness (QED) is 0.657. The largest absolute Gasteiger partial charge is 0.459 e. The summed E-state index contributed by atoms with van der Waals surface area (Å²) in [6, 6.07) is 2.51. The number of hydrogen-bond acceptors (Lipinski definition) is 3. The van der Waals surface area contributed by atoms with E-state index in [-0.39, 0.29) is 17.4 Å². The van der Waals surface area contributed by atoms with Crippen molar-refractivity contribution >= 4 is 27.6 Å². The molecule has 1 fully saturated rings. The van der Waals surface area contributed by atoms with Crippen LogP contribution in [0.15, 0.2) is 16.6 Å². The Morgan fingerprint density at radius 1 is 1.40 bits per heavy atom. The Bertz CT molecular complexity index is 499. The van der Waals surface area contributed by atoms with Crippen LogP contribution in [0.3, 0.4) is 0 Å². The molecule has 1 aromatic carbocycles. The molecule has 20 heavy (non-hydrogen) atoms. The molecule has 0 saturated heterocycles. The summed E-state index contributed by atoms with van der Waals surface area (Å²) in [7, 11) is 0. The second-order valence-electron chi connectivity index (χ2n) is 5.31. The maximum absolute atomic E-state index is 13.3. The second-order valence-corrected chi connectivity index (χ2v) is 6.16. The van der Waals surface area contributed by atoms with Crippen molar-refractivity contribution in [2.45, 2.75) is 45.1 Å². The Kier molecular flexibility index (Phi) is 5.02. The van der Waals surface area contributed by atoms with Crippen molar-refractivity contribution < 1.29 is 13.9 Å². The molecule has 1 aliphatic carbocycles. The van der Waals surface area contributed by atoms with E-state index in [4.69, 9.17) is 10.5 Å². The zero-order valence-electron chi connectivity index (χ0n) is 11.5. The van der Waals surface area contributed by atoms with Gasteiger partial charge in [0.05, 0.1) is 11.3 Å². The number of nitrogen functional groups attached to an aromatic ring is 1. The molecule has 2 rings (SSSR count). The smallest absolute Gasteiger partial charge is 0.339 e. The Morgan fingerprint density at radius 3 is 2.65 bits per heavy atom. The Hall–Kier alpha value is -1.10. The summed E-state index contributed by atoms with van der Waals surface area (Å²) >= 11 is 3.17. The van der Waals surface area contributed by atoms with Gasteiger partial charge in [-0.3, -0.25) is 0 Å². The van der Waals surface area contributed by atoms with Crippen LogP contribution in [0.4, 0.5) is 10.1 Å². The summed E-state index contributed by atoms with van der Waals surface area (Å²) in [4.78, 5) is 12.1. The molecule has 5 heteroatoms. The predicted molar refractivity (Wildman–Crippen MR) is 80.0 cm³/mol. The number of rotatable bonds is 3. The maximum atomic E-state index is 13.3. The van der Waals surface area contributed by atoms with E-state index in [1.165, 1.54) is 18.6 Å². The SMILES string of the molecule is CCC1CCC(OC(=O)c2cc(N)c(F)cc2Br)CC1. The fourth-order valence-electron chi connectivity index (χ4n) is 2.59. The van der Waals surface area contributed by atoms with Gasteiger partial charge in [-0.05, 0) is 59.7 Å². The number of nitrogens with two attached hydrogens (primary N) is 1. The van der Waals surface area contributed by atoms with Crippen LogP contribution in [0, 0.1) is 11.7 Å². The minimum atomic E-state index is -0.545. The van der Waals surface area contributed by atoms with E-state index in [2.05, 4.69) is 22.9 Å². The number of ether oxygens (including phenoxy) is 1. The van der Waals surface area contributed by atoms with Crippen LogP contribution in [0.5, 0.6) is 0 Å². The molecule has 0 aliphatic heterocycles. The third kappa shape index (κ3) is 3.51. The van der Waals surface area contributed by atoms with Crippen LogP contribution in [-0.4, -0.2) is 12.1 Å². The topological polar surface area (TPSA) is 52.3 Å². The molecule has 0 bridgehead atoms. The molecule has 1 aliphatic rings. The summed E-state index contributed by atoms with van der Waals surface area (Å²) in [5.41, 5.74) is 5.73. The number of halogens is 2. The monoisotopic (exact) mass is 343 g/mol. The number of anilines is 1. The lowest BCUT2D eigenvalue weighted by molar-refractivity contribution is 0.0163. The third-order valence-electron chi connectivity index (χ3n) is 3.95. The van der Waals surface area contributed by atoms with E-state index in [1.807, 2.05) is 0 Å². The third-order valence-corrected chi connectivity index (χ3v) is 4.61. The first-order chi connectivity index (χ1) is 9.51. The molecule has 0 aromatic heterocycles. The van der Waals surface area contributed by atoms with Crippen molar-refractivity contribution in [2.24, 2.45) is 5.92 Å². The first-order valence-corrected chi connectivity index (χ1v) is 7.76. The minimum absolute atomic E-state index is 0.0384. The average Bonchev–Trinajstić information content (AvgIpc) is 2.43. The van der Waals surface area contributed by atoms with E-state index in [1.54, 1.807) is 0 Å². The van der Waals surface area contributed by atoms with Gasteiger partial charge in [-0.2, -0.15) is 0 Å².